The van der Waals surface area contributed by atoms with Crippen LogP contribution in [0.15, 0.2) is 0 Å². The Morgan fingerprint density at radius 2 is 1.27 bits per heavy atom. The van der Waals surface area contributed by atoms with Crippen LogP contribution in [0.1, 0.15) is 19.3 Å². The maximum absolute atomic E-state index is 12.0. The van der Waals surface area contributed by atoms with Gasteiger partial charge in [0.05, 0.1) is 0 Å². The molecule has 3 aliphatic rings. The van der Waals surface area contributed by atoms with E-state index in [0.29, 0.717) is 0 Å². The summed E-state index contributed by atoms with van der Waals surface area (Å²) >= 11 is 0. The van der Waals surface area contributed by atoms with E-state index in [2.05, 4.69) is 9.47 Å². The van der Waals surface area contributed by atoms with Crippen molar-refractivity contribution in [1.82, 2.24) is 0 Å². The number of carboxylic acids is 2. The Balaban J connectivity index is 2.38. The topological polar surface area (TPSA) is 161 Å². The van der Waals surface area contributed by atoms with Gasteiger partial charge in [0.1, 0.15) is 0 Å². The average molecular weight is 312 g/mol. The van der Waals surface area contributed by atoms with Gasteiger partial charge in [-0.25, -0.2) is 0 Å². The van der Waals surface area contributed by atoms with Gasteiger partial charge in [-0.2, -0.15) is 0 Å². The summed E-state index contributed by atoms with van der Waals surface area (Å²) in [6, 6.07) is 0. The molecule has 10 nitrogen and oxygen atoms in total. The van der Waals surface area contributed by atoms with Crippen LogP contribution in [0.2, 0.25) is 0 Å². The molecular weight excluding hydrogens is 304 g/mol. The molecule has 2 spiro atoms. The van der Waals surface area contributed by atoms with Gasteiger partial charge in [-0.1, -0.05) is 0 Å². The van der Waals surface area contributed by atoms with Crippen molar-refractivity contribution < 1.29 is 48.5 Å². The predicted molar refractivity (Wildman–Crippen MR) is 58.6 cm³/mol. The first-order valence-electron chi connectivity index (χ1n) is 6.20. The fourth-order valence-corrected chi connectivity index (χ4v) is 3.76. The van der Waals surface area contributed by atoms with Gasteiger partial charge in [0, 0.05) is 0 Å². The zero-order valence-corrected chi connectivity index (χ0v) is 10.8. The maximum Gasteiger partial charge on any atom is 0.334 e. The molecule has 0 aromatic heterocycles. The van der Waals surface area contributed by atoms with Crippen LogP contribution in [0.3, 0.4) is 0 Å². The van der Waals surface area contributed by atoms with Crippen LogP contribution in [0.25, 0.3) is 0 Å². The Morgan fingerprint density at radius 1 is 0.818 bits per heavy atom. The third kappa shape index (κ3) is 1.00. The standard InChI is InChI=1S/C12H8O10/c13-4(14)10(5(15)16)2-1-3-11(6(17)21-7(11)18)12(10)8(19)22-9(12)20/h1-3H2,(H,13,14)(H,15,16). The highest BCUT2D eigenvalue weighted by atomic mass is 16.6. The molecule has 0 atom stereocenters. The Morgan fingerprint density at radius 3 is 1.64 bits per heavy atom. The molecule has 1 saturated carbocycles. The van der Waals surface area contributed by atoms with Crippen LogP contribution in [-0.4, -0.2) is 46.0 Å². The fourth-order valence-electron chi connectivity index (χ4n) is 3.76. The van der Waals surface area contributed by atoms with Crippen LogP contribution >= 0.6 is 0 Å². The number of cyclic esters (lactones) is 4. The van der Waals surface area contributed by atoms with E-state index in [1.54, 1.807) is 0 Å². The molecule has 116 valence electrons. The quantitative estimate of drug-likeness (QED) is 0.451. The molecule has 10 heteroatoms. The van der Waals surface area contributed by atoms with Crippen LogP contribution in [0.5, 0.6) is 0 Å². The molecule has 2 saturated heterocycles. The van der Waals surface area contributed by atoms with Gasteiger partial charge in [0.15, 0.2) is 10.8 Å². The van der Waals surface area contributed by atoms with E-state index in [-0.39, 0.29) is 12.8 Å². The molecule has 3 fully saturated rings. The zero-order chi connectivity index (χ0) is 16.5. The molecule has 2 N–H and O–H groups in total. The van der Waals surface area contributed by atoms with Crippen molar-refractivity contribution in [2.75, 3.05) is 0 Å². The van der Waals surface area contributed by atoms with E-state index in [1.807, 2.05) is 0 Å². The smallest absolute Gasteiger partial charge is 0.334 e. The van der Waals surface area contributed by atoms with E-state index in [9.17, 15) is 39.0 Å². The summed E-state index contributed by atoms with van der Waals surface area (Å²) in [7, 11) is 0. The fraction of sp³-hybridized carbons (Fsp3) is 0.500. The lowest BCUT2D eigenvalue weighted by molar-refractivity contribution is -0.259. The lowest BCUT2D eigenvalue weighted by Gasteiger charge is -2.58. The predicted octanol–water partition coefficient (Wildman–Crippen LogP) is -1.53. The SMILES string of the molecule is O=C(O)C1(C(=O)O)CCCC2(C(=O)OC2=O)C12C(=O)OC2=O. The summed E-state index contributed by atoms with van der Waals surface area (Å²) in [5.74, 6) is -9.56. The summed E-state index contributed by atoms with van der Waals surface area (Å²) in [5, 5.41) is 18.8. The highest BCUT2D eigenvalue weighted by molar-refractivity contribution is 6.31. The van der Waals surface area contributed by atoms with E-state index in [0.717, 1.165) is 0 Å². The van der Waals surface area contributed by atoms with Gasteiger partial charge >= 0.3 is 35.8 Å². The molecule has 2 aliphatic heterocycles. The lowest BCUT2D eigenvalue weighted by Crippen LogP contribution is -2.82. The normalized spacial score (nSPS) is 26.7. The molecule has 1 aliphatic carbocycles. The van der Waals surface area contributed by atoms with Crippen molar-refractivity contribution in [3.8, 4) is 0 Å². The number of carbonyl (C=O) groups excluding carboxylic acids is 4. The van der Waals surface area contributed by atoms with E-state index < -0.39 is 58.5 Å². The summed E-state index contributed by atoms with van der Waals surface area (Å²) < 4.78 is 8.34. The van der Waals surface area contributed by atoms with Gasteiger partial charge in [-0.3, -0.25) is 28.8 Å². The number of ether oxygens (including phenoxy) is 2. The number of fused-ring (bicyclic) bond motifs is 1. The number of carbonyl (C=O) groups is 6. The molecule has 0 unspecified atom stereocenters. The van der Waals surface area contributed by atoms with Crippen molar-refractivity contribution in [3.63, 3.8) is 0 Å². The largest absolute Gasteiger partial charge is 0.480 e. The number of rotatable bonds is 2. The van der Waals surface area contributed by atoms with Crippen LogP contribution in [0.4, 0.5) is 0 Å². The molecular formula is C12H8O10. The Bertz CT molecular complexity index is 644. The second-order valence-corrected chi connectivity index (χ2v) is 5.38. The second kappa shape index (κ2) is 3.70. The minimum Gasteiger partial charge on any atom is -0.480 e. The molecule has 0 aromatic rings. The van der Waals surface area contributed by atoms with E-state index in [1.165, 1.54) is 0 Å². The van der Waals surface area contributed by atoms with Crippen molar-refractivity contribution in [2.24, 2.45) is 16.2 Å². The molecule has 0 radical (unpaired) electrons. The monoisotopic (exact) mass is 312 g/mol. The molecule has 0 amide bonds. The highest BCUT2D eigenvalue weighted by Crippen LogP contribution is 2.68. The van der Waals surface area contributed by atoms with Crippen molar-refractivity contribution >= 4 is 35.8 Å². The van der Waals surface area contributed by atoms with Crippen molar-refractivity contribution in [2.45, 2.75) is 19.3 Å². The van der Waals surface area contributed by atoms with Crippen LogP contribution < -0.4 is 0 Å². The van der Waals surface area contributed by atoms with Crippen molar-refractivity contribution in [1.29, 1.82) is 0 Å². The lowest BCUT2D eigenvalue weighted by atomic mass is 9.41. The number of aliphatic carboxylic acids is 2. The van der Waals surface area contributed by atoms with Gasteiger partial charge in [-0.15, -0.1) is 0 Å². The van der Waals surface area contributed by atoms with E-state index >= 15 is 0 Å². The number of hydrogen-bond acceptors (Lipinski definition) is 8. The Kier molecular flexibility index (Phi) is 2.38. The molecule has 2 heterocycles. The Labute approximate surface area is 121 Å². The zero-order valence-electron chi connectivity index (χ0n) is 10.8. The number of hydrogen-bond donors (Lipinski definition) is 2. The van der Waals surface area contributed by atoms with Gasteiger partial charge in [-0.05, 0) is 19.3 Å². The summed E-state index contributed by atoms with van der Waals surface area (Å²) in [4.78, 5) is 71.1. The minimum absolute atomic E-state index is 0.165. The average Bonchev–Trinajstić information content (AvgIpc) is 2.45. The summed E-state index contributed by atoms with van der Waals surface area (Å²) in [6.45, 7) is 0. The first kappa shape index (κ1) is 14.2. The van der Waals surface area contributed by atoms with Gasteiger partial charge in [0.25, 0.3) is 0 Å². The summed E-state index contributed by atoms with van der Waals surface area (Å²) in [6.07, 6.45) is -1.11. The van der Waals surface area contributed by atoms with Gasteiger partial charge in [0.2, 0.25) is 5.41 Å². The number of carboxylic acid groups (broad SMARTS) is 2. The maximum atomic E-state index is 12.0. The second-order valence-electron chi connectivity index (χ2n) is 5.38. The molecule has 22 heavy (non-hydrogen) atoms. The molecule has 3 rings (SSSR count). The third-order valence-corrected chi connectivity index (χ3v) is 4.79. The molecule has 0 bridgehead atoms. The van der Waals surface area contributed by atoms with Crippen LogP contribution in [0, 0.1) is 16.2 Å². The van der Waals surface area contributed by atoms with Gasteiger partial charge < -0.3 is 19.7 Å². The molecule has 0 aromatic carbocycles. The Hall–Kier alpha value is -2.78. The van der Waals surface area contributed by atoms with E-state index in [4.69, 9.17) is 0 Å². The minimum atomic E-state index is -2.95. The number of esters is 4. The highest BCUT2D eigenvalue weighted by Gasteiger charge is 2.92. The van der Waals surface area contributed by atoms with Crippen LogP contribution in [-0.2, 0) is 38.2 Å². The first-order chi connectivity index (χ1) is 10.2. The summed E-state index contributed by atoms with van der Waals surface area (Å²) in [5.41, 5.74) is -8.30. The van der Waals surface area contributed by atoms with Crippen molar-refractivity contribution in [3.05, 3.63) is 0 Å². The third-order valence-electron chi connectivity index (χ3n) is 4.79. The first-order valence-corrected chi connectivity index (χ1v) is 6.20.